The number of carbonyl (C=O) groups excluding carboxylic acids is 1. The molecule has 0 fully saturated rings. The summed E-state index contributed by atoms with van der Waals surface area (Å²) in [5.41, 5.74) is 1.08. The van der Waals surface area contributed by atoms with Crippen LogP contribution in [0.4, 0.5) is 0 Å². The van der Waals surface area contributed by atoms with Crippen molar-refractivity contribution in [3.8, 4) is 0 Å². The summed E-state index contributed by atoms with van der Waals surface area (Å²) in [6, 6.07) is 13.7. The Hall–Kier alpha value is -1.41. The van der Waals surface area contributed by atoms with Gasteiger partial charge in [-0.25, -0.2) is 0 Å². The van der Waals surface area contributed by atoms with Crippen molar-refractivity contribution in [2.24, 2.45) is 0 Å². The normalized spacial score (nSPS) is 12.3. The van der Waals surface area contributed by atoms with Crippen LogP contribution in [-0.2, 0) is 0 Å². The third-order valence-electron chi connectivity index (χ3n) is 2.46. The molecule has 0 amide bonds. The zero-order valence-corrected chi connectivity index (χ0v) is 9.33. The summed E-state index contributed by atoms with van der Waals surface area (Å²) in [4.78, 5) is 12.9. The molecule has 0 bridgehead atoms. The van der Waals surface area contributed by atoms with Crippen LogP contribution in [-0.4, -0.2) is 5.78 Å². The van der Waals surface area contributed by atoms with Gasteiger partial charge in [-0.05, 0) is 17.0 Å². The number of hydrogen-bond acceptors (Lipinski definition) is 2. The zero-order chi connectivity index (χ0) is 10.7. The fraction of sp³-hybridized carbons (Fsp3) is 0.154. The highest BCUT2D eigenvalue weighted by molar-refractivity contribution is 7.12. The summed E-state index contributed by atoms with van der Waals surface area (Å²) in [5, 5.41) is 1.94. The molecule has 0 saturated carbocycles. The van der Waals surface area contributed by atoms with Crippen LogP contribution in [0, 0.1) is 0 Å². The second kappa shape index (κ2) is 4.41. The zero-order valence-electron chi connectivity index (χ0n) is 8.51. The van der Waals surface area contributed by atoms with Crippen molar-refractivity contribution in [3.63, 3.8) is 0 Å². The summed E-state index contributed by atoms with van der Waals surface area (Å²) in [6.07, 6.45) is 0. The number of ketones is 1. The van der Waals surface area contributed by atoms with E-state index in [2.05, 4.69) is 0 Å². The van der Waals surface area contributed by atoms with E-state index in [1.807, 2.05) is 54.8 Å². The molecule has 0 unspecified atom stereocenters. The lowest BCUT2D eigenvalue weighted by Gasteiger charge is -2.08. The maximum absolute atomic E-state index is 12.0. The van der Waals surface area contributed by atoms with Gasteiger partial charge in [0.1, 0.15) is 0 Å². The van der Waals surface area contributed by atoms with Crippen LogP contribution in [0.5, 0.6) is 0 Å². The molecular weight excluding hydrogens is 204 g/mol. The third-order valence-corrected chi connectivity index (χ3v) is 3.34. The molecular formula is C13H12OS. The number of rotatable bonds is 3. The largest absolute Gasteiger partial charge is 0.293 e. The van der Waals surface area contributed by atoms with E-state index in [4.69, 9.17) is 0 Å². The fourth-order valence-electron chi connectivity index (χ4n) is 1.53. The van der Waals surface area contributed by atoms with Gasteiger partial charge >= 0.3 is 0 Å². The van der Waals surface area contributed by atoms with Gasteiger partial charge in [0.05, 0.1) is 4.88 Å². The first-order valence-electron chi connectivity index (χ1n) is 4.91. The Balaban J connectivity index is 2.23. The van der Waals surface area contributed by atoms with Gasteiger partial charge in [0, 0.05) is 5.92 Å². The summed E-state index contributed by atoms with van der Waals surface area (Å²) in [7, 11) is 0. The van der Waals surface area contributed by atoms with Crippen LogP contribution >= 0.6 is 11.3 Å². The van der Waals surface area contributed by atoms with Crippen LogP contribution in [0.1, 0.15) is 28.1 Å². The average molecular weight is 216 g/mol. The van der Waals surface area contributed by atoms with Gasteiger partial charge in [0.25, 0.3) is 0 Å². The molecule has 2 heteroatoms. The van der Waals surface area contributed by atoms with E-state index in [0.717, 1.165) is 10.4 Å². The van der Waals surface area contributed by atoms with Crippen LogP contribution in [0.15, 0.2) is 47.8 Å². The van der Waals surface area contributed by atoms with E-state index in [9.17, 15) is 4.79 Å². The van der Waals surface area contributed by atoms with Crippen molar-refractivity contribution < 1.29 is 4.79 Å². The molecule has 0 aliphatic rings. The number of benzene rings is 1. The number of Topliss-reactive ketones (excluding diaryl/α,β-unsaturated/α-hetero) is 1. The Morgan fingerprint density at radius 2 is 1.87 bits per heavy atom. The minimum atomic E-state index is -0.0511. The minimum absolute atomic E-state index is 0.0511. The summed E-state index contributed by atoms with van der Waals surface area (Å²) in [5.74, 6) is 0.154. The van der Waals surface area contributed by atoms with Crippen molar-refractivity contribution >= 4 is 17.1 Å². The van der Waals surface area contributed by atoms with Crippen LogP contribution in [0.25, 0.3) is 0 Å². The van der Waals surface area contributed by atoms with Gasteiger partial charge in [-0.15, -0.1) is 11.3 Å². The molecule has 15 heavy (non-hydrogen) atoms. The fourth-order valence-corrected chi connectivity index (χ4v) is 2.28. The Morgan fingerprint density at radius 1 is 1.13 bits per heavy atom. The van der Waals surface area contributed by atoms with Crippen molar-refractivity contribution in [2.75, 3.05) is 0 Å². The van der Waals surface area contributed by atoms with Gasteiger partial charge in [0.15, 0.2) is 5.78 Å². The van der Waals surface area contributed by atoms with E-state index in [0.29, 0.717) is 0 Å². The Kier molecular flexibility index (Phi) is 2.97. The molecule has 2 rings (SSSR count). The van der Waals surface area contributed by atoms with Gasteiger partial charge < -0.3 is 0 Å². The topological polar surface area (TPSA) is 17.1 Å². The van der Waals surface area contributed by atoms with E-state index >= 15 is 0 Å². The monoisotopic (exact) mass is 216 g/mol. The molecule has 0 radical (unpaired) electrons. The van der Waals surface area contributed by atoms with E-state index in [-0.39, 0.29) is 11.7 Å². The summed E-state index contributed by atoms with van der Waals surface area (Å²) in [6.45, 7) is 1.96. The van der Waals surface area contributed by atoms with Gasteiger partial charge in [-0.2, -0.15) is 0 Å². The molecule has 1 aromatic carbocycles. The predicted molar refractivity (Wildman–Crippen MR) is 63.5 cm³/mol. The van der Waals surface area contributed by atoms with Crippen LogP contribution < -0.4 is 0 Å². The number of carbonyl (C=O) groups is 1. The lowest BCUT2D eigenvalue weighted by molar-refractivity contribution is 0.0970. The first-order valence-corrected chi connectivity index (χ1v) is 5.79. The van der Waals surface area contributed by atoms with Gasteiger partial charge in [-0.3, -0.25) is 4.79 Å². The number of thiophene rings is 1. The van der Waals surface area contributed by atoms with Crippen molar-refractivity contribution in [2.45, 2.75) is 12.8 Å². The van der Waals surface area contributed by atoms with E-state index in [1.165, 1.54) is 11.3 Å². The first-order chi connectivity index (χ1) is 7.29. The lowest BCUT2D eigenvalue weighted by Crippen LogP contribution is -2.07. The lowest BCUT2D eigenvalue weighted by atomic mass is 9.96. The highest BCUT2D eigenvalue weighted by Gasteiger charge is 2.17. The smallest absolute Gasteiger partial charge is 0.179 e. The number of hydrogen-bond donors (Lipinski definition) is 0. The van der Waals surface area contributed by atoms with Crippen LogP contribution in [0.2, 0.25) is 0 Å². The third kappa shape index (κ3) is 2.16. The molecule has 76 valence electrons. The second-order valence-electron chi connectivity index (χ2n) is 3.47. The summed E-state index contributed by atoms with van der Waals surface area (Å²) >= 11 is 1.50. The van der Waals surface area contributed by atoms with Crippen molar-refractivity contribution in [3.05, 3.63) is 58.3 Å². The summed E-state index contributed by atoms with van der Waals surface area (Å²) < 4.78 is 0. The molecule has 2 aromatic rings. The predicted octanol–water partition coefficient (Wildman–Crippen LogP) is 3.73. The molecule has 0 aliphatic heterocycles. The highest BCUT2D eigenvalue weighted by Crippen LogP contribution is 2.22. The molecule has 0 aliphatic carbocycles. The molecule has 1 atom stereocenters. The van der Waals surface area contributed by atoms with Gasteiger partial charge in [0.2, 0.25) is 0 Å². The molecule has 0 saturated heterocycles. The second-order valence-corrected chi connectivity index (χ2v) is 4.42. The Morgan fingerprint density at radius 3 is 2.47 bits per heavy atom. The Bertz CT molecular complexity index is 431. The quantitative estimate of drug-likeness (QED) is 0.714. The minimum Gasteiger partial charge on any atom is -0.293 e. The van der Waals surface area contributed by atoms with Crippen LogP contribution in [0.3, 0.4) is 0 Å². The molecule has 0 N–H and O–H groups in total. The van der Waals surface area contributed by atoms with Crippen molar-refractivity contribution in [1.29, 1.82) is 0 Å². The first kappa shape index (κ1) is 10.1. The highest BCUT2D eigenvalue weighted by atomic mass is 32.1. The SMILES string of the molecule is C[C@@H](C(=O)c1cccs1)c1ccccc1. The maximum Gasteiger partial charge on any atom is 0.179 e. The van der Waals surface area contributed by atoms with E-state index in [1.54, 1.807) is 0 Å². The molecule has 1 aromatic heterocycles. The van der Waals surface area contributed by atoms with E-state index < -0.39 is 0 Å². The van der Waals surface area contributed by atoms with Crippen molar-refractivity contribution in [1.82, 2.24) is 0 Å². The maximum atomic E-state index is 12.0. The van der Waals surface area contributed by atoms with Gasteiger partial charge in [-0.1, -0.05) is 43.3 Å². The molecule has 1 heterocycles. The molecule has 1 nitrogen and oxygen atoms in total. The molecule has 0 spiro atoms. The standard InChI is InChI=1S/C13H12OS/c1-10(11-6-3-2-4-7-11)13(14)12-8-5-9-15-12/h2-10H,1H3/t10-/m1/s1. The Labute approximate surface area is 93.4 Å². The average Bonchev–Trinajstić information content (AvgIpc) is 2.82.